The van der Waals surface area contributed by atoms with E-state index in [2.05, 4.69) is 22.2 Å². The maximum Gasteiger partial charge on any atom is 0.135 e. The second-order valence-corrected chi connectivity index (χ2v) is 6.22. The van der Waals surface area contributed by atoms with E-state index in [4.69, 9.17) is 26.8 Å². The van der Waals surface area contributed by atoms with Crippen LogP contribution in [-0.2, 0) is 4.74 Å². The second-order valence-electron chi connectivity index (χ2n) is 5.84. The van der Waals surface area contributed by atoms with E-state index in [-0.39, 0.29) is 0 Å². The largest absolute Gasteiger partial charge is 0.496 e. The smallest absolute Gasteiger partial charge is 0.135 e. The Morgan fingerprint density at radius 1 is 1.35 bits per heavy atom. The number of hydrogen-bond acceptors (Lipinski definition) is 5. The van der Waals surface area contributed by atoms with Crippen LogP contribution in [0.15, 0.2) is 29.4 Å². The molecule has 26 heavy (non-hydrogen) atoms. The molecule has 0 radical (unpaired) electrons. The van der Waals surface area contributed by atoms with Crippen LogP contribution in [0.5, 0.6) is 5.75 Å². The zero-order valence-electron chi connectivity index (χ0n) is 15.6. The van der Waals surface area contributed by atoms with Gasteiger partial charge in [0.1, 0.15) is 23.5 Å². The minimum Gasteiger partial charge on any atom is -0.496 e. The number of methoxy groups -OCH3 is 1. The third kappa shape index (κ3) is 4.86. The number of aromatic nitrogens is 1. The molecule has 1 aromatic carbocycles. The number of halogens is 1. The van der Waals surface area contributed by atoms with Gasteiger partial charge in [-0.15, -0.1) is 0 Å². The predicted octanol–water partition coefficient (Wildman–Crippen LogP) is 4.19. The molecule has 0 saturated carbocycles. The van der Waals surface area contributed by atoms with Crippen molar-refractivity contribution in [3.8, 4) is 5.75 Å². The van der Waals surface area contributed by atoms with Gasteiger partial charge in [0.2, 0.25) is 0 Å². The Balaban J connectivity index is 2.37. The SMILES string of the molecule is CCCOCNc1cc(Cl)ncc1C(N)=Nc1c(C)ccc(OC)c1C. The Kier molecular flexibility index (Phi) is 7.24. The highest BCUT2D eigenvalue weighted by molar-refractivity contribution is 6.29. The van der Waals surface area contributed by atoms with E-state index in [0.29, 0.717) is 29.9 Å². The van der Waals surface area contributed by atoms with Crippen LogP contribution >= 0.6 is 11.6 Å². The molecule has 0 amide bonds. The highest BCUT2D eigenvalue weighted by atomic mass is 35.5. The van der Waals surface area contributed by atoms with Gasteiger partial charge in [-0.25, -0.2) is 9.98 Å². The van der Waals surface area contributed by atoms with Crippen molar-refractivity contribution in [1.82, 2.24) is 4.98 Å². The number of amidine groups is 1. The van der Waals surface area contributed by atoms with E-state index in [9.17, 15) is 0 Å². The monoisotopic (exact) mass is 376 g/mol. The van der Waals surface area contributed by atoms with E-state index in [1.165, 1.54) is 0 Å². The van der Waals surface area contributed by atoms with Crippen LogP contribution in [0.2, 0.25) is 5.15 Å². The standard InChI is InChI=1S/C19H25ClN4O2/c1-5-8-26-11-23-15-9-17(20)22-10-14(15)19(21)24-18-12(2)6-7-16(25-4)13(18)3/h6-7,9-10H,5,8,11H2,1-4H3,(H2,21,24)(H,22,23). The molecule has 0 aliphatic carbocycles. The van der Waals surface area contributed by atoms with Gasteiger partial charge in [0, 0.05) is 18.4 Å². The van der Waals surface area contributed by atoms with Crippen LogP contribution in [-0.4, -0.2) is 31.3 Å². The minimum atomic E-state index is 0.339. The Hall–Kier alpha value is -2.31. The summed E-state index contributed by atoms with van der Waals surface area (Å²) >= 11 is 6.02. The molecule has 2 aromatic rings. The van der Waals surface area contributed by atoms with Gasteiger partial charge in [0.25, 0.3) is 0 Å². The fraction of sp³-hybridized carbons (Fsp3) is 0.368. The zero-order chi connectivity index (χ0) is 19.1. The van der Waals surface area contributed by atoms with Gasteiger partial charge in [0.05, 0.1) is 24.0 Å². The molecule has 0 aliphatic heterocycles. The predicted molar refractivity (Wildman–Crippen MR) is 107 cm³/mol. The van der Waals surface area contributed by atoms with Crippen molar-refractivity contribution in [2.75, 3.05) is 25.8 Å². The number of pyridine rings is 1. The van der Waals surface area contributed by atoms with Crippen molar-refractivity contribution < 1.29 is 9.47 Å². The molecule has 1 aromatic heterocycles. The molecule has 0 atom stereocenters. The van der Waals surface area contributed by atoms with Gasteiger partial charge in [-0.05, 0) is 38.0 Å². The first-order valence-corrected chi connectivity index (χ1v) is 8.81. The van der Waals surface area contributed by atoms with Crippen LogP contribution < -0.4 is 15.8 Å². The second kappa shape index (κ2) is 9.40. The van der Waals surface area contributed by atoms with Crippen molar-refractivity contribution in [1.29, 1.82) is 0 Å². The number of rotatable bonds is 8. The minimum absolute atomic E-state index is 0.339. The summed E-state index contributed by atoms with van der Waals surface area (Å²) in [6, 6.07) is 5.58. The quantitative estimate of drug-likeness (QED) is 0.237. The van der Waals surface area contributed by atoms with Gasteiger partial charge in [-0.2, -0.15) is 0 Å². The third-order valence-electron chi connectivity index (χ3n) is 3.89. The number of anilines is 1. The van der Waals surface area contributed by atoms with Crippen molar-refractivity contribution in [2.45, 2.75) is 27.2 Å². The molecule has 0 saturated heterocycles. The molecule has 0 bridgehead atoms. The number of aliphatic imine (C=N–C) groups is 1. The number of nitrogens with two attached hydrogens (primary N) is 1. The molecule has 2 rings (SSSR count). The van der Waals surface area contributed by atoms with E-state index in [1.54, 1.807) is 19.4 Å². The van der Waals surface area contributed by atoms with Crippen molar-refractivity contribution in [2.24, 2.45) is 10.7 Å². The Morgan fingerprint density at radius 2 is 2.12 bits per heavy atom. The fourth-order valence-corrected chi connectivity index (χ4v) is 2.67. The van der Waals surface area contributed by atoms with Gasteiger partial charge in [-0.1, -0.05) is 24.6 Å². The first-order chi connectivity index (χ1) is 12.5. The summed E-state index contributed by atoms with van der Waals surface area (Å²) in [4.78, 5) is 8.75. The van der Waals surface area contributed by atoms with Gasteiger partial charge < -0.3 is 20.5 Å². The summed E-state index contributed by atoms with van der Waals surface area (Å²) < 4.78 is 10.9. The molecule has 0 unspecified atom stereocenters. The van der Waals surface area contributed by atoms with Crippen LogP contribution in [0, 0.1) is 13.8 Å². The molecule has 0 spiro atoms. The number of hydrogen-bond donors (Lipinski definition) is 2. The molecule has 0 aliphatic rings. The summed E-state index contributed by atoms with van der Waals surface area (Å²) in [7, 11) is 1.63. The fourth-order valence-electron chi connectivity index (χ4n) is 2.52. The van der Waals surface area contributed by atoms with E-state index < -0.39 is 0 Å². The van der Waals surface area contributed by atoms with Crippen molar-refractivity contribution >= 4 is 28.8 Å². The molecule has 0 fully saturated rings. The highest BCUT2D eigenvalue weighted by Gasteiger charge is 2.12. The lowest BCUT2D eigenvalue weighted by Crippen LogP contribution is -2.18. The van der Waals surface area contributed by atoms with Gasteiger partial charge >= 0.3 is 0 Å². The van der Waals surface area contributed by atoms with E-state index in [1.807, 2.05) is 26.0 Å². The molecular formula is C19H25ClN4O2. The molecule has 3 N–H and O–H groups in total. The summed E-state index contributed by atoms with van der Waals surface area (Å²) in [6.07, 6.45) is 2.55. The lowest BCUT2D eigenvalue weighted by molar-refractivity contribution is 0.153. The third-order valence-corrected chi connectivity index (χ3v) is 4.10. The van der Waals surface area contributed by atoms with Crippen molar-refractivity contribution in [3.05, 3.63) is 46.2 Å². The highest BCUT2D eigenvalue weighted by Crippen LogP contribution is 2.32. The molecule has 7 heteroatoms. The van der Waals surface area contributed by atoms with Crippen LogP contribution in [0.3, 0.4) is 0 Å². The van der Waals surface area contributed by atoms with Crippen LogP contribution in [0.1, 0.15) is 30.0 Å². The summed E-state index contributed by atoms with van der Waals surface area (Å²) in [6.45, 7) is 7.02. The number of aryl methyl sites for hydroxylation is 1. The maximum absolute atomic E-state index is 6.28. The lowest BCUT2D eigenvalue weighted by atomic mass is 10.1. The van der Waals surface area contributed by atoms with E-state index >= 15 is 0 Å². The van der Waals surface area contributed by atoms with E-state index in [0.717, 1.165) is 34.7 Å². The first-order valence-electron chi connectivity index (χ1n) is 8.43. The number of ether oxygens (including phenoxy) is 2. The molecule has 1 heterocycles. The van der Waals surface area contributed by atoms with Gasteiger partial charge in [-0.3, -0.25) is 0 Å². The summed E-state index contributed by atoms with van der Waals surface area (Å²) in [5.41, 5.74) is 10.4. The normalized spacial score (nSPS) is 11.5. The number of nitrogens with zero attached hydrogens (tertiary/aromatic N) is 2. The van der Waals surface area contributed by atoms with Crippen molar-refractivity contribution in [3.63, 3.8) is 0 Å². The molecule has 6 nitrogen and oxygen atoms in total. The maximum atomic E-state index is 6.28. The Bertz CT molecular complexity index is 793. The topological polar surface area (TPSA) is 81.8 Å². The number of benzene rings is 1. The van der Waals surface area contributed by atoms with Crippen LogP contribution in [0.25, 0.3) is 0 Å². The summed E-state index contributed by atoms with van der Waals surface area (Å²) in [5.74, 6) is 1.11. The number of nitrogens with one attached hydrogen (secondary N) is 1. The van der Waals surface area contributed by atoms with Gasteiger partial charge in [0.15, 0.2) is 0 Å². The average molecular weight is 377 g/mol. The Labute approximate surface area is 159 Å². The molecule has 140 valence electrons. The molecular weight excluding hydrogens is 352 g/mol. The zero-order valence-corrected chi connectivity index (χ0v) is 16.4. The average Bonchev–Trinajstić information content (AvgIpc) is 2.62. The summed E-state index contributed by atoms with van der Waals surface area (Å²) in [5, 5.41) is 3.54. The first kappa shape index (κ1) is 20.0. The van der Waals surface area contributed by atoms with Crippen LogP contribution in [0.4, 0.5) is 11.4 Å². The lowest BCUT2D eigenvalue weighted by Gasteiger charge is -2.14. The Morgan fingerprint density at radius 3 is 2.81 bits per heavy atom.